The Labute approximate surface area is 115 Å². The molecule has 1 unspecified atom stereocenters. The molecule has 0 aliphatic heterocycles. The van der Waals surface area contributed by atoms with Crippen LogP contribution in [-0.4, -0.2) is 7.05 Å². The maximum absolute atomic E-state index is 5.82. The van der Waals surface area contributed by atoms with Crippen LogP contribution >= 0.6 is 0 Å². The second kappa shape index (κ2) is 5.22. The first kappa shape index (κ1) is 13.9. The fourth-order valence-electron chi connectivity index (χ4n) is 2.72. The highest BCUT2D eigenvalue weighted by Crippen LogP contribution is 2.32. The molecule has 0 bridgehead atoms. The average molecular weight is 257 g/mol. The van der Waals surface area contributed by atoms with Gasteiger partial charge in [0.2, 0.25) is 0 Å². The molecule has 1 aromatic heterocycles. The molecule has 0 amide bonds. The predicted molar refractivity (Wildman–Crippen MR) is 79.7 cm³/mol. The van der Waals surface area contributed by atoms with Crippen molar-refractivity contribution in [2.75, 3.05) is 7.05 Å². The maximum atomic E-state index is 5.82. The van der Waals surface area contributed by atoms with E-state index >= 15 is 0 Å². The Bertz CT molecular complexity index is 569. The van der Waals surface area contributed by atoms with E-state index in [1.54, 1.807) is 0 Å². The van der Waals surface area contributed by atoms with Crippen molar-refractivity contribution in [3.63, 3.8) is 0 Å². The second-order valence-corrected chi connectivity index (χ2v) is 5.34. The summed E-state index contributed by atoms with van der Waals surface area (Å²) in [6.45, 7) is 10.7. The van der Waals surface area contributed by atoms with Gasteiger partial charge in [-0.05, 0) is 81.6 Å². The summed E-state index contributed by atoms with van der Waals surface area (Å²) in [6.07, 6.45) is 0. The quantitative estimate of drug-likeness (QED) is 0.894. The number of rotatable bonds is 3. The predicted octanol–water partition coefficient (Wildman–Crippen LogP) is 4.13. The highest BCUT2D eigenvalue weighted by atomic mass is 16.3. The summed E-state index contributed by atoms with van der Waals surface area (Å²) in [6, 6.07) is 6.46. The van der Waals surface area contributed by atoms with Crippen molar-refractivity contribution in [1.82, 2.24) is 5.32 Å². The van der Waals surface area contributed by atoms with Crippen molar-refractivity contribution in [2.24, 2.45) is 0 Å². The molecule has 0 radical (unpaired) electrons. The molecular weight excluding hydrogens is 234 g/mol. The largest absolute Gasteiger partial charge is 0.464 e. The van der Waals surface area contributed by atoms with E-state index in [0.717, 1.165) is 11.5 Å². The van der Waals surface area contributed by atoms with E-state index < -0.39 is 0 Å². The lowest BCUT2D eigenvalue weighted by Gasteiger charge is -2.22. The van der Waals surface area contributed by atoms with Crippen molar-refractivity contribution < 1.29 is 4.42 Å². The zero-order valence-corrected chi connectivity index (χ0v) is 12.7. The number of hydrogen-bond donors (Lipinski definition) is 1. The Morgan fingerprint density at radius 2 is 1.53 bits per heavy atom. The normalized spacial score (nSPS) is 12.7. The first-order valence-electron chi connectivity index (χ1n) is 6.76. The van der Waals surface area contributed by atoms with Gasteiger partial charge in [0, 0.05) is 0 Å². The second-order valence-electron chi connectivity index (χ2n) is 5.34. The highest BCUT2D eigenvalue weighted by molar-refractivity contribution is 5.47. The van der Waals surface area contributed by atoms with Crippen molar-refractivity contribution >= 4 is 0 Å². The number of benzene rings is 1. The van der Waals surface area contributed by atoms with E-state index in [2.05, 4.69) is 45.1 Å². The van der Waals surface area contributed by atoms with Gasteiger partial charge in [-0.25, -0.2) is 0 Å². The minimum Gasteiger partial charge on any atom is -0.464 e. The van der Waals surface area contributed by atoms with Crippen molar-refractivity contribution in [3.8, 4) is 0 Å². The zero-order chi connectivity index (χ0) is 14.2. The van der Waals surface area contributed by atoms with Crippen molar-refractivity contribution in [3.05, 3.63) is 57.5 Å². The lowest BCUT2D eigenvalue weighted by molar-refractivity contribution is 0.442. The van der Waals surface area contributed by atoms with Crippen molar-refractivity contribution in [1.29, 1.82) is 0 Å². The monoisotopic (exact) mass is 257 g/mol. The van der Waals surface area contributed by atoms with Crippen LogP contribution in [0.3, 0.4) is 0 Å². The van der Waals surface area contributed by atoms with Crippen LogP contribution < -0.4 is 5.32 Å². The molecule has 2 heteroatoms. The van der Waals surface area contributed by atoms with Crippen LogP contribution in [0.1, 0.15) is 45.4 Å². The van der Waals surface area contributed by atoms with Gasteiger partial charge in [-0.2, -0.15) is 0 Å². The van der Waals surface area contributed by atoms with Crippen LogP contribution in [0.4, 0.5) is 0 Å². The Morgan fingerprint density at radius 1 is 0.947 bits per heavy atom. The summed E-state index contributed by atoms with van der Waals surface area (Å²) in [5.74, 6) is 1.94. The summed E-state index contributed by atoms with van der Waals surface area (Å²) in [5, 5.41) is 3.39. The minimum absolute atomic E-state index is 0.118. The first-order chi connectivity index (χ1) is 8.95. The summed E-state index contributed by atoms with van der Waals surface area (Å²) < 4.78 is 5.82. The van der Waals surface area contributed by atoms with Gasteiger partial charge in [-0.15, -0.1) is 0 Å². The van der Waals surface area contributed by atoms with E-state index in [4.69, 9.17) is 4.42 Å². The van der Waals surface area contributed by atoms with Crippen LogP contribution in [0.15, 0.2) is 22.6 Å². The van der Waals surface area contributed by atoms with Crippen molar-refractivity contribution in [2.45, 2.75) is 40.7 Å². The van der Waals surface area contributed by atoms with Gasteiger partial charge >= 0.3 is 0 Å². The van der Waals surface area contributed by atoms with Gasteiger partial charge in [0.25, 0.3) is 0 Å². The molecule has 19 heavy (non-hydrogen) atoms. The summed E-state index contributed by atoms with van der Waals surface area (Å²) >= 11 is 0. The number of hydrogen-bond acceptors (Lipinski definition) is 2. The van der Waals surface area contributed by atoms with Gasteiger partial charge in [-0.1, -0.05) is 6.07 Å². The molecule has 1 atom stereocenters. The topological polar surface area (TPSA) is 25.2 Å². The fourth-order valence-corrected chi connectivity index (χ4v) is 2.72. The Kier molecular flexibility index (Phi) is 3.81. The van der Waals surface area contributed by atoms with E-state index in [1.165, 1.54) is 27.8 Å². The van der Waals surface area contributed by atoms with Gasteiger partial charge in [0.1, 0.15) is 11.5 Å². The molecule has 0 fully saturated rings. The molecule has 1 aromatic carbocycles. The molecule has 0 aliphatic carbocycles. The third-order valence-electron chi connectivity index (χ3n) is 4.05. The lowest BCUT2D eigenvalue weighted by Crippen LogP contribution is -2.20. The van der Waals surface area contributed by atoms with E-state index in [-0.39, 0.29) is 6.04 Å². The fraction of sp³-hybridized carbons (Fsp3) is 0.412. The summed E-state index contributed by atoms with van der Waals surface area (Å²) in [5.41, 5.74) is 6.70. The number of aryl methyl sites for hydroxylation is 3. The molecule has 2 nitrogen and oxygen atoms in total. The Hall–Kier alpha value is -1.54. The minimum atomic E-state index is 0.118. The Balaban J connectivity index is 2.61. The van der Waals surface area contributed by atoms with Gasteiger partial charge in [0.15, 0.2) is 0 Å². The van der Waals surface area contributed by atoms with E-state index in [1.807, 2.05) is 20.0 Å². The molecule has 1 heterocycles. The van der Waals surface area contributed by atoms with Crippen LogP contribution in [-0.2, 0) is 0 Å². The van der Waals surface area contributed by atoms with Crippen LogP contribution in [0.2, 0.25) is 0 Å². The highest BCUT2D eigenvalue weighted by Gasteiger charge is 2.21. The average Bonchev–Trinajstić information content (AvgIpc) is 2.78. The van der Waals surface area contributed by atoms with Gasteiger partial charge in [-0.3, -0.25) is 0 Å². The SMILES string of the molecule is CNC(c1ccc(C)o1)c1c(C)c(C)cc(C)c1C. The summed E-state index contributed by atoms with van der Waals surface area (Å²) in [7, 11) is 1.99. The number of furan rings is 1. The van der Waals surface area contributed by atoms with E-state index in [0.29, 0.717) is 0 Å². The third kappa shape index (κ3) is 2.45. The molecule has 0 saturated carbocycles. The number of nitrogens with one attached hydrogen (secondary N) is 1. The zero-order valence-electron chi connectivity index (χ0n) is 12.7. The van der Waals surface area contributed by atoms with Crippen LogP contribution in [0.25, 0.3) is 0 Å². The smallest absolute Gasteiger partial charge is 0.125 e. The molecule has 0 aliphatic rings. The lowest BCUT2D eigenvalue weighted by atomic mass is 9.89. The van der Waals surface area contributed by atoms with Crippen LogP contribution in [0, 0.1) is 34.6 Å². The summed E-state index contributed by atoms with van der Waals surface area (Å²) in [4.78, 5) is 0. The van der Waals surface area contributed by atoms with Gasteiger partial charge < -0.3 is 9.73 Å². The third-order valence-corrected chi connectivity index (χ3v) is 4.05. The first-order valence-corrected chi connectivity index (χ1v) is 6.76. The molecular formula is C17H23NO. The van der Waals surface area contributed by atoms with Crippen LogP contribution in [0.5, 0.6) is 0 Å². The molecule has 1 N–H and O–H groups in total. The molecule has 102 valence electrons. The molecule has 2 aromatic rings. The maximum Gasteiger partial charge on any atom is 0.125 e. The molecule has 0 saturated heterocycles. The van der Waals surface area contributed by atoms with E-state index in [9.17, 15) is 0 Å². The molecule has 2 rings (SSSR count). The molecule has 0 spiro atoms. The Morgan fingerprint density at radius 3 is 1.95 bits per heavy atom. The van der Waals surface area contributed by atoms with Gasteiger partial charge in [0.05, 0.1) is 6.04 Å². The standard InChI is InChI=1S/C17H23NO/c1-10-9-11(2)14(5)16(13(10)4)17(18-6)15-8-7-12(3)19-15/h7-9,17-18H,1-6H3.